The highest BCUT2D eigenvalue weighted by atomic mass is 16.1. The van der Waals surface area contributed by atoms with E-state index in [2.05, 4.69) is 10.3 Å². The molecule has 4 heteroatoms. The van der Waals surface area contributed by atoms with Gasteiger partial charge in [0.25, 0.3) is 0 Å². The molecule has 1 aliphatic rings. The number of pyridine rings is 1. The average molecular weight is 205 g/mol. The van der Waals surface area contributed by atoms with Crippen LogP contribution in [-0.2, 0) is 11.2 Å². The van der Waals surface area contributed by atoms with Crippen LogP contribution in [0.3, 0.4) is 0 Å². The molecule has 0 aliphatic heterocycles. The molecule has 1 aromatic rings. The molecule has 0 atom stereocenters. The number of rotatable bonds is 3. The standard InChI is InChI=1S/C11H15N3O/c12-8-5-10(6-8)14-11(15)7-9-3-1-2-4-13-9/h1-4,8,10H,5-7,12H2,(H,14,15). The van der Waals surface area contributed by atoms with Crippen LogP contribution < -0.4 is 11.1 Å². The van der Waals surface area contributed by atoms with Gasteiger partial charge >= 0.3 is 0 Å². The second kappa shape index (κ2) is 4.40. The lowest BCUT2D eigenvalue weighted by atomic mass is 9.87. The van der Waals surface area contributed by atoms with Gasteiger partial charge in [-0.3, -0.25) is 9.78 Å². The molecule has 0 aromatic carbocycles. The number of nitrogens with zero attached hydrogens (tertiary/aromatic N) is 1. The lowest BCUT2D eigenvalue weighted by Crippen LogP contribution is -2.50. The van der Waals surface area contributed by atoms with E-state index >= 15 is 0 Å². The highest BCUT2D eigenvalue weighted by molar-refractivity contribution is 5.78. The summed E-state index contributed by atoms with van der Waals surface area (Å²) in [6, 6.07) is 6.12. The largest absolute Gasteiger partial charge is 0.353 e. The van der Waals surface area contributed by atoms with Gasteiger partial charge in [-0.25, -0.2) is 0 Å². The first-order valence-electron chi connectivity index (χ1n) is 5.19. The van der Waals surface area contributed by atoms with Crippen LogP contribution in [0.2, 0.25) is 0 Å². The maximum atomic E-state index is 11.5. The van der Waals surface area contributed by atoms with Gasteiger partial charge in [0.05, 0.1) is 6.42 Å². The fourth-order valence-electron chi connectivity index (χ4n) is 1.73. The van der Waals surface area contributed by atoms with Gasteiger partial charge in [-0.05, 0) is 25.0 Å². The Bertz CT molecular complexity index is 333. The van der Waals surface area contributed by atoms with Crippen molar-refractivity contribution in [1.29, 1.82) is 0 Å². The number of carbonyl (C=O) groups is 1. The van der Waals surface area contributed by atoms with E-state index < -0.39 is 0 Å². The third-order valence-electron chi connectivity index (χ3n) is 2.61. The second-order valence-corrected chi connectivity index (χ2v) is 3.99. The Hall–Kier alpha value is -1.42. The Labute approximate surface area is 88.9 Å². The van der Waals surface area contributed by atoms with E-state index in [4.69, 9.17) is 5.73 Å². The molecule has 0 bridgehead atoms. The van der Waals surface area contributed by atoms with Crippen LogP contribution in [0.4, 0.5) is 0 Å². The number of nitrogens with one attached hydrogen (secondary N) is 1. The quantitative estimate of drug-likeness (QED) is 0.742. The Kier molecular flexibility index (Phi) is 2.97. The van der Waals surface area contributed by atoms with Crippen LogP contribution in [0.5, 0.6) is 0 Å². The smallest absolute Gasteiger partial charge is 0.226 e. The summed E-state index contributed by atoms with van der Waals surface area (Å²) in [5.41, 5.74) is 6.44. The lowest BCUT2D eigenvalue weighted by Gasteiger charge is -2.32. The Balaban J connectivity index is 1.78. The molecule has 0 saturated heterocycles. The van der Waals surface area contributed by atoms with Gasteiger partial charge in [-0.1, -0.05) is 6.07 Å². The molecule has 0 radical (unpaired) electrons. The highest BCUT2D eigenvalue weighted by Gasteiger charge is 2.26. The minimum absolute atomic E-state index is 0.0330. The van der Waals surface area contributed by atoms with Crippen molar-refractivity contribution in [2.45, 2.75) is 31.3 Å². The Morgan fingerprint density at radius 3 is 2.93 bits per heavy atom. The molecule has 1 aromatic heterocycles. The van der Waals surface area contributed by atoms with E-state index in [0.29, 0.717) is 6.42 Å². The molecule has 1 fully saturated rings. The Morgan fingerprint density at radius 1 is 1.53 bits per heavy atom. The molecule has 1 heterocycles. The van der Waals surface area contributed by atoms with Crippen molar-refractivity contribution < 1.29 is 4.79 Å². The molecule has 1 saturated carbocycles. The molecule has 80 valence electrons. The molecule has 2 rings (SSSR count). The predicted octanol–water partition coefficient (Wildman–Crippen LogP) is 0.230. The summed E-state index contributed by atoms with van der Waals surface area (Å²) in [5, 5.41) is 2.94. The molecule has 3 N–H and O–H groups in total. The van der Waals surface area contributed by atoms with E-state index in [1.54, 1.807) is 6.20 Å². The topological polar surface area (TPSA) is 68.0 Å². The molecule has 0 spiro atoms. The normalized spacial score (nSPS) is 24.3. The molecule has 1 amide bonds. The van der Waals surface area contributed by atoms with Crippen molar-refractivity contribution in [2.75, 3.05) is 0 Å². The maximum Gasteiger partial charge on any atom is 0.226 e. The zero-order chi connectivity index (χ0) is 10.7. The zero-order valence-corrected chi connectivity index (χ0v) is 8.52. The first-order valence-corrected chi connectivity index (χ1v) is 5.19. The summed E-state index contributed by atoms with van der Waals surface area (Å²) >= 11 is 0. The van der Waals surface area contributed by atoms with Gasteiger partial charge in [0.15, 0.2) is 0 Å². The Morgan fingerprint density at radius 2 is 2.33 bits per heavy atom. The van der Waals surface area contributed by atoms with Gasteiger partial charge in [-0.15, -0.1) is 0 Å². The van der Waals surface area contributed by atoms with Crippen molar-refractivity contribution >= 4 is 5.91 Å². The van der Waals surface area contributed by atoms with Gasteiger partial charge in [0, 0.05) is 24.0 Å². The minimum atomic E-state index is 0.0330. The minimum Gasteiger partial charge on any atom is -0.353 e. The van der Waals surface area contributed by atoms with E-state index in [0.717, 1.165) is 18.5 Å². The van der Waals surface area contributed by atoms with E-state index in [1.165, 1.54) is 0 Å². The van der Waals surface area contributed by atoms with Crippen LogP contribution in [0.25, 0.3) is 0 Å². The SMILES string of the molecule is NC1CC(NC(=O)Cc2ccccn2)C1. The highest BCUT2D eigenvalue weighted by Crippen LogP contribution is 2.17. The van der Waals surface area contributed by atoms with Gasteiger partial charge in [-0.2, -0.15) is 0 Å². The number of carbonyl (C=O) groups excluding carboxylic acids is 1. The third kappa shape index (κ3) is 2.76. The third-order valence-corrected chi connectivity index (χ3v) is 2.61. The average Bonchev–Trinajstić information content (AvgIpc) is 2.17. The molecule has 0 unspecified atom stereocenters. The first kappa shape index (κ1) is 10.1. The van der Waals surface area contributed by atoms with Crippen LogP contribution >= 0.6 is 0 Å². The van der Waals surface area contributed by atoms with Gasteiger partial charge < -0.3 is 11.1 Å². The van der Waals surface area contributed by atoms with Crippen molar-refractivity contribution in [2.24, 2.45) is 5.73 Å². The zero-order valence-electron chi connectivity index (χ0n) is 8.52. The maximum absolute atomic E-state index is 11.5. The fraction of sp³-hybridized carbons (Fsp3) is 0.455. The van der Waals surface area contributed by atoms with Crippen molar-refractivity contribution in [3.05, 3.63) is 30.1 Å². The molecule has 1 aliphatic carbocycles. The molecular formula is C11H15N3O. The lowest BCUT2D eigenvalue weighted by molar-refractivity contribution is -0.121. The number of amides is 1. The number of hydrogen-bond donors (Lipinski definition) is 2. The summed E-state index contributed by atoms with van der Waals surface area (Å²) in [7, 11) is 0. The summed E-state index contributed by atoms with van der Waals surface area (Å²) < 4.78 is 0. The van der Waals surface area contributed by atoms with Crippen molar-refractivity contribution in [1.82, 2.24) is 10.3 Å². The molecule has 4 nitrogen and oxygen atoms in total. The number of nitrogens with two attached hydrogens (primary N) is 1. The van der Waals surface area contributed by atoms with Crippen LogP contribution in [0.15, 0.2) is 24.4 Å². The van der Waals surface area contributed by atoms with Crippen LogP contribution in [0.1, 0.15) is 18.5 Å². The molecular weight excluding hydrogens is 190 g/mol. The van der Waals surface area contributed by atoms with E-state index in [-0.39, 0.29) is 18.0 Å². The second-order valence-electron chi connectivity index (χ2n) is 3.99. The van der Waals surface area contributed by atoms with Crippen molar-refractivity contribution in [3.8, 4) is 0 Å². The van der Waals surface area contributed by atoms with Crippen molar-refractivity contribution in [3.63, 3.8) is 0 Å². The summed E-state index contributed by atoms with van der Waals surface area (Å²) in [4.78, 5) is 15.6. The number of aromatic nitrogens is 1. The summed E-state index contributed by atoms with van der Waals surface area (Å²) in [6.07, 6.45) is 3.84. The van der Waals surface area contributed by atoms with Gasteiger partial charge in [0.1, 0.15) is 0 Å². The predicted molar refractivity (Wildman–Crippen MR) is 57.1 cm³/mol. The summed E-state index contributed by atoms with van der Waals surface area (Å²) in [6.45, 7) is 0. The summed E-state index contributed by atoms with van der Waals surface area (Å²) in [5.74, 6) is 0.0330. The molecule has 15 heavy (non-hydrogen) atoms. The van der Waals surface area contributed by atoms with Crippen LogP contribution in [-0.4, -0.2) is 23.0 Å². The van der Waals surface area contributed by atoms with Crippen LogP contribution in [0, 0.1) is 0 Å². The van der Waals surface area contributed by atoms with Gasteiger partial charge in [0.2, 0.25) is 5.91 Å². The van der Waals surface area contributed by atoms with E-state index in [1.807, 2.05) is 18.2 Å². The first-order chi connectivity index (χ1) is 7.24. The number of hydrogen-bond acceptors (Lipinski definition) is 3. The van der Waals surface area contributed by atoms with E-state index in [9.17, 15) is 4.79 Å². The fourth-order valence-corrected chi connectivity index (χ4v) is 1.73. The monoisotopic (exact) mass is 205 g/mol.